The number of hydrogen-bond acceptors (Lipinski definition) is 3. The van der Waals surface area contributed by atoms with Crippen LogP contribution in [-0.4, -0.2) is 40.8 Å². The number of nitrogens with zero attached hydrogens (tertiary/aromatic N) is 2. The smallest absolute Gasteiger partial charge is 0.0535 e. The van der Waals surface area contributed by atoms with Crippen LogP contribution in [0.3, 0.4) is 0 Å². The summed E-state index contributed by atoms with van der Waals surface area (Å²) in [6.07, 6.45) is 5.74. The van der Waals surface area contributed by atoms with Crippen molar-refractivity contribution in [3.8, 4) is 0 Å². The van der Waals surface area contributed by atoms with Gasteiger partial charge in [0, 0.05) is 23.8 Å². The molecule has 1 aromatic heterocycles. The third-order valence-corrected chi connectivity index (χ3v) is 3.64. The van der Waals surface area contributed by atoms with Crippen LogP contribution in [0, 0.1) is 6.92 Å². The molecule has 0 spiro atoms. The van der Waals surface area contributed by atoms with Crippen molar-refractivity contribution in [1.29, 1.82) is 0 Å². The summed E-state index contributed by atoms with van der Waals surface area (Å²) < 4.78 is 0. The van der Waals surface area contributed by atoms with E-state index in [1.807, 2.05) is 6.20 Å². The van der Waals surface area contributed by atoms with E-state index in [2.05, 4.69) is 34.3 Å². The molecule has 0 amide bonds. The SMILES string of the molecule is CCCN1CCC(NCc2cn[nH]c2C)CC1. The van der Waals surface area contributed by atoms with Crippen molar-refractivity contribution in [2.45, 2.75) is 45.7 Å². The van der Waals surface area contributed by atoms with Crippen LogP contribution in [0.1, 0.15) is 37.4 Å². The highest BCUT2D eigenvalue weighted by Crippen LogP contribution is 2.11. The minimum atomic E-state index is 0.678. The molecule has 0 radical (unpaired) electrons. The third-order valence-electron chi connectivity index (χ3n) is 3.64. The van der Waals surface area contributed by atoms with Gasteiger partial charge >= 0.3 is 0 Å². The molecule has 1 aliphatic rings. The van der Waals surface area contributed by atoms with E-state index in [0.29, 0.717) is 6.04 Å². The Morgan fingerprint density at radius 2 is 2.24 bits per heavy atom. The molecule has 4 nitrogen and oxygen atoms in total. The number of likely N-dealkylation sites (tertiary alicyclic amines) is 1. The summed E-state index contributed by atoms with van der Waals surface area (Å²) in [7, 11) is 0. The number of hydrogen-bond donors (Lipinski definition) is 2. The van der Waals surface area contributed by atoms with E-state index in [0.717, 1.165) is 6.54 Å². The van der Waals surface area contributed by atoms with Gasteiger partial charge in [-0.25, -0.2) is 0 Å². The van der Waals surface area contributed by atoms with Crippen molar-refractivity contribution in [2.24, 2.45) is 0 Å². The van der Waals surface area contributed by atoms with Gasteiger partial charge in [0.05, 0.1) is 6.20 Å². The van der Waals surface area contributed by atoms with Gasteiger partial charge in [-0.3, -0.25) is 5.10 Å². The highest BCUT2D eigenvalue weighted by molar-refractivity contribution is 5.13. The van der Waals surface area contributed by atoms with Crippen LogP contribution in [0.15, 0.2) is 6.20 Å². The molecule has 0 bridgehead atoms. The van der Waals surface area contributed by atoms with Crippen LogP contribution in [0.5, 0.6) is 0 Å². The second-order valence-corrected chi connectivity index (χ2v) is 5.02. The lowest BCUT2D eigenvalue weighted by atomic mass is 10.0. The standard InChI is InChI=1S/C13H24N4/c1-3-6-17-7-4-13(5-8-17)14-9-12-10-15-16-11(12)2/h10,13-14H,3-9H2,1-2H3,(H,15,16). The molecule has 2 N–H and O–H groups in total. The zero-order chi connectivity index (χ0) is 12.1. The maximum Gasteiger partial charge on any atom is 0.0535 e. The lowest BCUT2D eigenvalue weighted by molar-refractivity contribution is 0.197. The van der Waals surface area contributed by atoms with Crippen LogP contribution < -0.4 is 5.32 Å². The van der Waals surface area contributed by atoms with E-state index in [-0.39, 0.29) is 0 Å². The number of nitrogens with one attached hydrogen (secondary N) is 2. The Labute approximate surface area is 104 Å². The summed E-state index contributed by atoms with van der Waals surface area (Å²) >= 11 is 0. The summed E-state index contributed by atoms with van der Waals surface area (Å²) in [5, 5.41) is 10.7. The zero-order valence-corrected chi connectivity index (χ0v) is 11.0. The Balaban J connectivity index is 1.70. The third kappa shape index (κ3) is 3.54. The van der Waals surface area contributed by atoms with E-state index in [9.17, 15) is 0 Å². The van der Waals surface area contributed by atoms with E-state index in [1.54, 1.807) is 0 Å². The molecule has 1 saturated heterocycles. The first kappa shape index (κ1) is 12.6. The summed E-state index contributed by atoms with van der Waals surface area (Å²) in [5.41, 5.74) is 2.47. The van der Waals surface area contributed by atoms with E-state index in [1.165, 1.54) is 50.2 Å². The topological polar surface area (TPSA) is 44.0 Å². The maximum atomic E-state index is 4.05. The molecule has 1 aliphatic heterocycles. The molecule has 1 aromatic rings. The summed E-state index contributed by atoms with van der Waals surface area (Å²) in [5.74, 6) is 0. The highest BCUT2D eigenvalue weighted by atomic mass is 15.1. The van der Waals surface area contributed by atoms with E-state index in [4.69, 9.17) is 0 Å². The minimum Gasteiger partial charge on any atom is -0.310 e. The van der Waals surface area contributed by atoms with Crippen molar-refractivity contribution in [2.75, 3.05) is 19.6 Å². The second kappa shape index (κ2) is 6.17. The van der Waals surface area contributed by atoms with Crippen molar-refractivity contribution in [3.63, 3.8) is 0 Å². The number of aromatic amines is 1. The predicted molar refractivity (Wildman–Crippen MR) is 69.9 cm³/mol. The van der Waals surface area contributed by atoms with Gasteiger partial charge in [-0.1, -0.05) is 6.92 Å². The molecule has 2 rings (SSSR count). The first-order valence-corrected chi connectivity index (χ1v) is 6.74. The van der Waals surface area contributed by atoms with Crippen molar-refractivity contribution < 1.29 is 0 Å². The maximum absolute atomic E-state index is 4.05. The van der Waals surface area contributed by atoms with Crippen LogP contribution in [0.25, 0.3) is 0 Å². The van der Waals surface area contributed by atoms with Crippen LogP contribution in [-0.2, 0) is 6.54 Å². The molecule has 0 atom stereocenters. The molecule has 0 saturated carbocycles. The quantitative estimate of drug-likeness (QED) is 0.817. The Hall–Kier alpha value is -0.870. The fourth-order valence-corrected chi connectivity index (χ4v) is 2.49. The molecule has 96 valence electrons. The number of aryl methyl sites for hydroxylation is 1. The van der Waals surface area contributed by atoms with Crippen LogP contribution >= 0.6 is 0 Å². The van der Waals surface area contributed by atoms with Gasteiger partial charge in [0.25, 0.3) is 0 Å². The molecule has 2 heterocycles. The first-order valence-electron chi connectivity index (χ1n) is 6.74. The van der Waals surface area contributed by atoms with Gasteiger partial charge < -0.3 is 10.2 Å². The van der Waals surface area contributed by atoms with Gasteiger partial charge in [0.1, 0.15) is 0 Å². The fourth-order valence-electron chi connectivity index (χ4n) is 2.49. The number of piperidine rings is 1. The molecule has 0 aromatic carbocycles. The van der Waals surface area contributed by atoms with Gasteiger partial charge in [-0.15, -0.1) is 0 Å². The number of rotatable bonds is 5. The van der Waals surface area contributed by atoms with Gasteiger partial charge in [-0.05, 0) is 45.8 Å². The summed E-state index contributed by atoms with van der Waals surface area (Å²) in [4.78, 5) is 2.57. The number of aromatic nitrogens is 2. The van der Waals surface area contributed by atoms with Gasteiger partial charge in [0.2, 0.25) is 0 Å². The zero-order valence-electron chi connectivity index (χ0n) is 11.0. The first-order chi connectivity index (χ1) is 8.29. The Morgan fingerprint density at radius 1 is 1.47 bits per heavy atom. The Kier molecular flexibility index (Phi) is 4.57. The second-order valence-electron chi connectivity index (χ2n) is 5.02. The summed E-state index contributed by atoms with van der Waals surface area (Å²) in [6, 6.07) is 0.678. The van der Waals surface area contributed by atoms with Crippen LogP contribution in [0.4, 0.5) is 0 Å². The molecule has 4 heteroatoms. The van der Waals surface area contributed by atoms with Gasteiger partial charge in [0.15, 0.2) is 0 Å². The normalized spacial score (nSPS) is 18.7. The Bertz CT molecular complexity index is 326. The predicted octanol–water partition coefficient (Wildman–Crippen LogP) is 1.68. The average molecular weight is 236 g/mol. The minimum absolute atomic E-state index is 0.678. The van der Waals surface area contributed by atoms with Crippen molar-refractivity contribution >= 4 is 0 Å². The Morgan fingerprint density at radius 3 is 2.82 bits per heavy atom. The highest BCUT2D eigenvalue weighted by Gasteiger charge is 2.18. The lowest BCUT2D eigenvalue weighted by Crippen LogP contribution is -2.42. The summed E-state index contributed by atoms with van der Waals surface area (Å²) in [6.45, 7) is 9.03. The van der Waals surface area contributed by atoms with E-state index >= 15 is 0 Å². The van der Waals surface area contributed by atoms with Crippen molar-refractivity contribution in [3.05, 3.63) is 17.5 Å². The molecule has 0 unspecified atom stereocenters. The molecule has 0 aliphatic carbocycles. The van der Waals surface area contributed by atoms with Gasteiger partial charge in [-0.2, -0.15) is 5.10 Å². The molecule has 1 fully saturated rings. The van der Waals surface area contributed by atoms with Crippen molar-refractivity contribution in [1.82, 2.24) is 20.4 Å². The largest absolute Gasteiger partial charge is 0.310 e. The number of H-pyrrole nitrogens is 1. The molecule has 17 heavy (non-hydrogen) atoms. The fraction of sp³-hybridized carbons (Fsp3) is 0.769. The average Bonchev–Trinajstić information content (AvgIpc) is 2.75. The van der Waals surface area contributed by atoms with Crippen LogP contribution in [0.2, 0.25) is 0 Å². The monoisotopic (exact) mass is 236 g/mol. The molecular formula is C13H24N4. The molecular weight excluding hydrogens is 212 g/mol. The van der Waals surface area contributed by atoms with E-state index < -0.39 is 0 Å². The lowest BCUT2D eigenvalue weighted by Gasteiger charge is -2.32.